The molecule has 4 aromatic rings. The number of aromatic nitrogens is 2. The van der Waals surface area contributed by atoms with Gasteiger partial charge in [0.1, 0.15) is 16.2 Å². The number of nitrogens with zero attached hydrogens (tertiary/aromatic N) is 3. The first-order valence-corrected chi connectivity index (χ1v) is 11.3. The first kappa shape index (κ1) is 17.9. The fourth-order valence-electron chi connectivity index (χ4n) is 3.05. The van der Waals surface area contributed by atoms with Crippen molar-refractivity contribution in [2.75, 3.05) is 4.90 Å². The van der Waals surface area contributed by atoms with E-state index in [0.29, 0.717) is 5.13 Å². The third kappa shape index (κ3) is 3.06. The molecule has 28 heavy (non-hydrogen) atoms. The van der Waals surface area contributed by atoms with E-state index < -0.39 is 5.38 Å². The lowest BCUT2D eigenvalue weighted by molar-refractivity contribution is -0.123. The SMILES string of the molecule is O=C1C(Cl)C(c2ccc(O)cc2)N1c1nc(Sc2nc3ccccc3s2)cs1. The summed E-state index contributed by atoms with van der Waals surface area (Å²) in [5, 5.41) is 12.2. The molecule has 2 aromatic carbocycles. The predicted octanol–water partition coefficient (Wildman–Crippen LogP) is 5.30. The zero-order valence-corrected chi connectivity index (χ0v) is 17.4. The number of amides is 1. The van der Waals surface area contributed by atoms with Gasteiger partial charge < -0.3 is 5.11 Å². The Hall–Kier alpha value is -2.13. The maximum absolute atomic E-state index is 12.4. The molecule has 1 saturated heterocycles. The van der Waals surface area contributed by atoms with E-state index in [0.717, 1.165) is 25.1 Å². The van der Waals surface area contributed by atoms with Crippen LogP contribution in [0.2, 0.25) is 0 Å². The first-order chi connectivity index (χ1) is 13.6. The van der Waals surface area contributed by atoms with Gasteiger partial charge in [0.25, 0.3) is 0 Å². The first-order valence-electron chi connectivity index (χ1n) is 8.35. The molecule has 140 valence electrons. The van der Waals surface area contributed by atoms with Crippen molar-refractivity contribution in [3.63, 3.8) is 0 Å². The minimum atomic E-state index is -0.631. The van der Waals surface area contributed by atoms with Gasteiger partial charge in [0.05, 0.1) is 16.3 Å². The molecule has 1 amide bonds. The molecule has 1 aliphatic rings. The fourth-order valence-corrected chi connectivity index (χ4v) is 6.38. The minimum Gasteiger partial charge on any atom is -0.508 e. The zero-order chi connectivity index (χ0) is 19.3. The Morgan fingerprint density at radius 1 is 1.11 bits per heavy atom. The highest BCUT2D eigenvalue weighted by Gasteiger charge is 2.49. The van der Waals surface area contributed by atoms with Crippen molar-refractivity contribution in [2.24, 2.45) is 0 Å². The quantitative estimate of drug-likeness (QED) is 0.341. The molecule has 5 rings (SSSR count). The van der Waals surface area contributed by atoms with Crippen molar-refractivity contribution in [2.45, 2.75) is 20.8 Å². The summed E-state index contributed by atoms with van der Waals surface area (Å²) in [5.41, 5.74) is 1.84. The van der Waals surface area contributed by atoms with Gasteiger partial charge in [-0.2, -0.15) is 0 Å². The van der Waals surface area contributed by atoms with Gasteiger partial charge in [-0.1, -0.05) is 24.3 Å². The van der Waals surface area contributed by atoms with E-state index in [9.17, 15) is 9.90 Å². The van der Waals surface area contributed by atoms with Crippen LogP contribution in [0.4, 0.5) is 5.13 Å². The summed E-state index contributed by atoms with van der Waals surface area (Å²) in [7, 11) is 0. The third-order valence-electron chi connectivity index (χ3n) is 4.41. The van der Waals surface area contributed by atoms with Crippen LogP contribution in [0.25, 0.3) is 10.2 Å². The maximum Gasteiger partial charge on any atom is 0.249 e. The molecular weight excluding hydrogens is 434 g/mol. The second-order valence-electron chi connectivity index (χ2n) is 6.16. The van der Waals surface area contributed by atoms with E-state index in [1.165, 1.54) is 23.1 Å². The van der Waals surface area contributed by atoms with Crippen molar-refractivity contribution < 1.29 is 9.90 Å². The largest absolute Gasteiger partial charge is 0.508 e. The number of halogens is 1. The molecule has 0 saturated carbocycles. The average molecular weight is 446 g/mol. The summed E-state index contributed by atoms with van der Waals surface area (Å²) >= 11 is 10.8. The monoisotopic (exact) mass is 445 g/mol. The lowest BCUT2D eigenvalue weighted by atomic mass is 9.94. The Bertz CT molecular complexity index is 1140. The van der Waals surface area contributed by atoms with Crippen molar-refractivity contribution in [3.05, 3.63) is 59.5 Å². The lowest BCUT2D eigenvalue weighted by Gasteiger charge is -2.42. The summed E-state index contributed by atoms with van der Waals surface area (Å²) in [6.07, 6.45) is 0. The van der Waals surface area contributed by atoms with Crippen LogP contribution in [0.5, 0.6) is 5.75 Å². The molecule has 2 aromatic heterocycles. The molecule has 0 spiro atoms. The number of fused-ring (bicyclic) bond motifs is 1. The van der Waals surface area contributed by atoms with Gasteiger partial charge in [-0.3, -0.25) is 9.69 Å². The Labute approximate surface area is 177 Å². The average Bonchev–Trinajstić information content (AvgIpc) is 3.32. The van der Waals surface area contributed by atoms with Crippen LogP contribution in [0.15, 0.2) is 63.3 Å². The number of carbonyl (C=O) groups excluding carboxylic acids is 1. The summed E-state index contributed by atoms with van der Waals surface area (Å²) in [5.74, 6) is 0.0153. The highest BCUT2D eigenvalue weighted by Crippen LogP contribution is 2.45. The summed E-state index contributed by atoms with van der Waals surface area (Å²) in [6.45, 7) is 0. The number of benzene rings is 2. The number of aromatic hydroxyl groups is 1. The van der Waals surface area contributed by atoms with E-state index in [4.69, 9.17) is 11.6 Å². The normalized spacial score (nSPS) is 19.2. The number of hydrogen-bond donors (Lipinski definition) is 1. The van der Waals surface area contributed by atoms with Gasteiger partial charge in [0.2, 0.25) is 5.91 Å². The van der Waals surface area contributed by atoms with Crippen LogP contribution >= 0.6 is 46.0 Å². The number of phenolic OH excluding ortho intramolecular Hbond substituents is 1. The molecule has 1 fully saturated rings. The number of carbonyl (C=O) groups is 1. The van der Waals surface area contributed by atoms with Gasteiger partial charge in [-0.15, -0.1) is 34.3 Å². The van der Waals surface area contributed by atoms with E-state index in [-0.39, 0.29) is 17.7 Å². The topological polar surface area (TPSA) is 66.3 Å². The van der Waals surface area contributed by atoms with Gasteiger partial charge in [-0.25, -0.2) is 9.97 Å². The van der Waals surface area contributed by atoms with E-state index in [1.54, 1.807) is 40.5 Å². The van der Waals surface area contributed by atoms with Crippen molar-refractivity contribution in [1.82, 2.24) is 9.97 Å². The van der Waals surface area contributed by atoms with Crippen LogP contribution in [0.1, 0.15) is 11.6 Å². The molecule has 1 N–H and O–H groups in total. The smallest absolute Gasteiger partial charge is 0.249 e. The number of para-hydroxylation sites is 1. The maximum atomic E-state index is 12.4. The number of thiazole rings is 2. The Kier molecular flexibility index (Phi) is 4.51. The number of phenols is 1. The van der Waals surface area contributed by atoms with Crippen LogP contribution in [-0.4, -0.2) is 26.4 Å². The second-order valence-corrected chi connectivity index (χ2v) is 9.77. The molecule has 5 nitrogen and oxygen atoms in total. The Morgan fingerprint density at radius 3 is 2.68 bits per heavy atom. The standard InChI is InChI=1S/C19H12ClN3O2S3/c20-15-16(10-5-7-11(24)8-6-10)23(17(15)25)18-22-14(9-26-18)28-19-21-12-3-1-2-4-13(12)27-19/h1-9,15-16,24H. The van der Waals surface area contributed by atoms with E-state index >= 15 is 0 Å². The van der Waals surface area contributed by atoms with Crippen LogP contribution < -0.4 is 4.90 Å². The fraction of sp³-hybridized carbons (Fsp3) is 0.105. The van der Waals surface area contributed by atoms with E-state index in [2.05, 4.69) is 9.97 Å². The van der Waals surface area contributed by atoms with Crippen LogP contribution in [0.3, 0.4) is 0 Å². The van der Waals surface area contributed by atoms with Gasteiger partial charge in [0.15, 0.2) is 9.47 Å². The number of β-lactam (4-membered cyclic amide) rings is 1. The van der Waals surface area contributed by atoms with Crippen molar-refractivity contribution in [3.8, 4) is 5.75 Å². The Balaban J connectivity index is 1.40. The molecule has 0 aliphatic carbocycles. The lowest BCUT2D eigenvalue weighted by Crippen LogP contribution is -2.56. The van der Waals surface area contributed by atoms with Gasteiger partial charge in [-0.05, 0) is 41.6 Å². The highest BCUT2D eigenvalue weighted by atomic mass is 35.5. The Morgan fingerprint density at radius 2 is 1.89 bits per heavy atom. The number of rotatable bonds is 4. The van der Waals surface area contributed by atoms with Crippen molar-refractivity contribution in [1.29, 1.82) is 0 Å². The van der Waals surface area contributed by atoms with Crippen LogP contribution in [0, 0.1) is 0 Å². The van der Waals surface area contributed by atoms with Crippen LogP contribution in [-0.2, 0) is 4.79 Å². The molecule has 2 atom stereocenters. The molecular formula is C19H12ClN3O2S3. The predicted molar refractivity (Wildman–Crippen MR) is 114 cm³/mol. The molecule has 1 aliphatic heterocycles. The summed E-state index contributed by atoms with van der Waals surface area (Å²) in [4.78, 5) is 23.2. The zero-order valence-electron chi connectivity index (χ0n) is 14.2. The molecule has 2 unspecified atom stereocenters. The van der Waals surface area contributed by atoms with Gasteiger partial charge in [0, 0.05) is 5.38 Å². The van der Waals surface area contributed by atoms with Gasteiger partial charge >= 0.3 is 0 Å². The van der Waals surface area contributed by atoms with E-state index in [1.807, 2.05) is 29.6 Å². The highest BCUT2D eigenvalue weighted by molar-refractivity contribution is 8.01. The van der Waals surface area contributed by atoms with Crippen molar-refractivity contribution >= 4 is 67.3 Å². The third-order valence-corrected chi connectivity index (χ3v) is 7.84. The molecule has 0 bridgehead atoms. The number of hydrogen-bond acceptors (Lipinski definition) is 7. The molecule has 0 radical (unpaired) electrons. The second kappa shape index (κ2) is 7.04. The molecule has 3 heterocycles. The summed E-state index contributed by atoms with van der Waals surface area (Å²) < 4.78 is 2.05. The molecule has 9 heteroatoms. The minimum absolute atomic E-state index is 0.161. The number of alkyl halides is 1. The summed E-state index contributed by atoms with van der Waals surface area (Å²) in [6, 6.07) is 14.5. The number of anilines is 1.